The van der Waals surface area contributed by atoms with E-state index in [1.807, 2.05) is 30.3 Å². The molecule has 2 heterocycles. The van der Waals surface area contributed by atoms with Gasteiger partial charge in [-0.15, -0.1) is 15.3 Å². The second-order valence-electron chi connectivity index (χ2n) is 6.72. The van der Waals surface area contributed by atoms with E-state index in [-0.39, 0.29) is 25.1 Å². The van der Waals surface area contributed by atoms with E-state index in [2.05, 4.69) is 20.0 Å². The van der Waals surface area contributed by atoms with Crippen LogP contribution >= 0.6 is 0 Å². The first-order valence-corrected chi connectivity index (χ1v) is 10.9. The number of aromatic nitrogens is 4. The first-order valence-electron chi connectivity index (χ1n) is 9.42. The van der Waals surface area contributed by atoms with Crippen LogP contribution in [0.1, 0.15) is 5.56 Å². The Bertz CT molecular complexity index is 1390. The summed E-state index contributed by atoms with van der Waals surface area (Å²) in [6, 6.07) is 13.8. The Hall–Kier alpha value is -3.58. The molecule has 2 aromatic heterocycles. The minimum Gasteiger partial charge on any atom is -0.475 e. The van der Waals surface area contributed by atoms with E-state index in [9.17, 15) is 26.0 Å². The fourth-order valence-electron chi connectivity index (χ4n) is 2.92. The van der Waals surface area contributed by atoms with Crippen LogP contribution in [-0.2, 0) is 16.2 Å². The molecule has 33 heavy (non-hydrogen) atoms. The number of hydrogen-bond acceptors (Lipinski definition) is 6. The van der Waals surface area contributed by atoms with Crippen molar-refractivity contribution < 1.29 is 30.7 Å². The van der Waals surface area contributed by atoms with Crippen LogP contribution in [0.2, 0.25) is 0 Å². The predicted molar refractivity (Wildman–Crippen MR) is 108 cm³/mol. The SMILES string of the molecule is O=S(=O)(NCCOc1ccc2nnc(-c3ccccc3)n2n1)c1ccc(F)c(C(F)(F)F)c1. The maximum Gasteiger partial charge on any atom is 0.419 e. The normalized spacial score (nSPS) is 12.2. The summed E-state index contributed by atoms with van der Waals surface area (Å²) >= 11 is 0. The van der Waals surface area contributed by atoms with Gasteiger partial charge in [0.25, 0.3) is 0 Å². The summed E-state index contributed by atoms with van der Waals surface area (Å²) in [7, 11) is -4.32. The van der Waals surface area contributed by atoms with Gasteiger partial charge in [0, 0.05) is 18.2 Å². The molecule has 4 rings (SSSR count). The van der Waals surface area contributed by atoms with Crippen molar-refractivity contribution in [2.24, 2.45) is 0 Å². The summed E-state index contributed by atoms with van der Waals surface area (Å²) in [5.74, 6) is -0.927. The van der Waals surface area contributed by atoms with Crippen LogP contribution in [-0.4, -0.2) is 41.4 Å². The molecule has 0 saturated carbocycles. The molecule has 0 aliphatic rings. The van der Waals surface area contributed by atoms with Crippen molar-refractivity contribution in [3.8, 4) is 17.3 Å². The molecule has 0 amide bonds. The van der Waals surface area contributed by atoms with E-state index in [0.717, 1.165) is 11.6 Å². The topological polar surface area (TPSA) is 98.5 Å². The van der Waals surface area contributed by atoms with Crippen LogP contribution in [0.3, 0.4) is 0 Å². The van der Waals surface area contributed by atoms with Crippen molar-refractivity contribution in [3.05, 3.63) is 72.0 Å². The smallest absolute Gasteiger partial charge is 0.419 e. The lowest BCUT2D eigenvalue weighted by molar-refractivity contribution is -0.140. The number of halogens is 4. The monoisotopic (exact) mass is 481 g/mol. The fraction of sp³-hybridized carbons (Fsp3) is 0.150. The van der Waals surface area contributed by atoms with E-state index in [4.69, 9.17) is 4.74 Å². The lowest BCUT2D eigenvalue weighted by Gasteiger charge is -2.11. The van der Waals surface area contributed by atoms with Crippen LogP contribution in [0.5, 0.6) is 5.88 Å². The van der Waals surface area contributed by atoms with Crippen LogP contribution in [0, 0.1) is 5.82 Å². The van der Waals surface area contributed by atoms with Crippen LogP contribution in [0.15, 0.2) is 65.6 Å². The average molecular weight is 481 g/mol. The molecular weight excluding hydrogens is 466 g/mol. The summed E-state index contributed by atoms with van der Waals surface area (Å²) in [5, 5.41) is 12.4. The summed E-state index contributed by atoms with van der Waals surface area (Å²) in [4.78, 5) is -0.715. The molecule has 8 nitrogen and oxygen atoms in total. The van der Waals surface area contributed by atoms with Crippen molar-refractivity contribution in [2.45, 2.75) is 11.1 Å². The van der Waals surface area contributed by atoms with Gasteiger partial charge in [0.05, 0.1) is 10.5 Å². The van der Waals surface area contributed by atoms with E-state index in [0.29, 0.717) is 17.5 Å². The van der Waals surface area contributed by atoms with Gasteiger partial charge >= 0.3 is 6.18 Å². The second-order valence-corrected chi connectivity index (χ2v) is 8.48. The maximum atomic E-state index is 13.4. The van der Waals surface area contributed by atoms with Gasteiger partial charge in [-0.05, 0) is 24.3 Å². The lowest BCUT2D eigenvalue weighted by atomic mass is 10.2. The second kappa shape index (κ2) is 8.75. The highest BCUT2D eigenvalue weighted by Crippen LogP contribution is 2.32. The Balaban J connectivity index is 1.43. The molecule has 0 radical (unpaired) electrons. The van der Waals surface area contributed by atoms with E-state index < -0.39 is 32.5 Å². The highest BCUT2D eigenvalue weighted by atomic mass is 32.2. The number of ether oxygens (including phenoxy) is 1. The Morgan fingerprint density at radius 3 is 2.48 bits per heavy atom. The van der Waals surface area contributed by atoms with Gasteiger partial charge in [0.2, 0.25) is 15.9 Å². The number of rotatable bonds is 7. The van der Waals surface area contributed by atoms with Gasteiger partial charge in [-0.2, -0.15) is 17.7 Å². The van der Waals surface area contributed by atoms with Crippen LogP contribution in [0.25, 0.3) is 17.0 Å². The largest absolute Gasteiger partial charge is 0.475 e. The molecule has 4 aromatic rings. The zero-order valence-electron chi connectivity index (χ0n) is 16.6. The molecule has 172 valence electrons. The summed E-state index contributed by atoms with van der Waals surface area (Å²) in [5.41, 5.74) is -0.416. The van der Waals surface area contributed by atoms with Gasteiger partial charge in [-0.25, -0.2) is 17.5 Å². The van der Waals surface area contributed by atoms with Crippen LogP contribution < -0.4 is 9.46 Å². The van der Waals surface area contributed by atoms with Crippen molar-refractivity contribution in [2.75, 3.05) is 13.2 Å². The summed E-state index contributed by atoms with van der Waals surface area (Å²) in [6.07, 6.45) is -5.02. The van der Waals surface area contributed by atoms with Crippen molar-refractivity contribution in [1.82, 2.24) is 24.5 Å². The molecular formula is C20H15F4N5O3S. The van der Waals surface area contributed by atoms with Gasteiger partial charge in [-0.3, -0.25) is 0 Å². The third-order valence-corrected chi connectivity index (χ3v) is 5.93. The van der Waals surface area contributed by atoms with Gasteiger partial charge in [-0.1, -0.05) is 30.3 Å². The highest BCUT2D eigenvalue weighted by Gasteiger charge is 2.35. The van der Waals surface area contributed by atoms with Crippen molar-refractivity contribution >= 4 is 15.7 Å². The molecule has 0 spiro atoms. The Morgan fingerprint density at radius 1 is 1.00 bits per heavy atom. The number of alkyl halides is 3. The Morgan fingerprint density at radius 2 is 1.76 bits per heavy atom. The van der Waals surface area contributed by atoms with Gasteiger partial charge in [0.1, 0.15) is 12.4 Å². The van der Waals surface area contributed by atoms with Crippen LogP contribution in [0.4, 0.5) is 17.6 Å². The molecule has 13 heteroatoms. The standard InChI is InChI=1S/C20H15F4N5O3S/c21-16-7-6-14(12-15(16)20(22,23)24)33(30,31)25-10-11-32-18-9-8-17-26-27-19(29(17)28-18)13-4-2-1-3-5-13/h1-9,12,25H,10-11H2. The summed E-state index contributed by atoms with van der Waals surface area (Å²) in [6.45, 7) is -0.442. The zero-order chi connectivity index (χ0) is 23.6. The highest BCUT2D eigenvalue weighted by molar-refractivity contribution is 7.89. The van der Waals surface area contributed by atoms with Crippen molar-refractivity contribution in [1.29, 1.82) is 0 Å². The Kier molecular flexibility index (Phi) is 5.99. The average Bonchev–Trinajstić information content (AvgIpc) is 3.20. The molecule has 0 saturated heterocycles. The molecule has 1 N–H and O–H groups in total. The number of sulfonamides is 1. The molecule has 0 aliphatic heterocycles. The van der Waals surface area contributed by atoms with Gasteiger partial charge < -0.3 is 4.74 Å². The molecule has 0 aliphatic carbocycles. The van der Waals surface area contributed by atoms with Crippen molar-refractivity contribution in [3.63, 3.8) is 0 Å². The minimum absolute atomic E-state index is 0.153. The number of nitrogens with one attached hydrogen (secondary N) is 1. The molecule has 0 atom stereocenters. The minimum atomic E-state index is -5.02. The number of benzene rings is 2. The molecule has 0 unspecified atom stereocenters. The number of hydrogen-bond donors (Lipinski definition) is 1. The third kappa shape index (κ3) is 4.93. The van der Waals surface area contributed by atoms with Gasteiger partial charge in [0.15, 0.2) is 11.5 Å². The summed E-state index contributed by atoms with van der Waals surface area (Å²) < 4.78 is 85.5. The lowest BCUT2D eigenvalue weighted by Crippen LogP contribution is -2.28. The van der Waals surface area contributed by atoms with E-state index in [1.54, 1.807) is 6.07 Å². The third-order valence-electron chi connectivity index (χ3n) is 4.47. The quantitative estimate of drug-likeness (QED) is 0.321. The van der Waals surface area contributed by atoms with E-state index >= 15 is 0 Å². The molecule has 0 fully saturated rings. The number of nitrogens with zero attached hydrogens (tertiary/aromatic N) is 4. The first kappa shape index (κ1) is 22.6. The first-order chi connectivity index (χ1) is 15.6. The predicted octanol–water partition coefficient (Wildman–Crippen LogP) is 3.31. The number of fused-ring (bicyclic) bond motifs is 1. The zero-order valence-corrected chi connectivity index (χ0v) is 17.4. The fourth-order valence-corrected chi connectivity index (χ4v) is 3.96. The van der Waals surface area contributed by atoms with E-state index in [1.165, 1.54) is 10.6 Å². The molecule has 0 bridgehead atoms. The maximum absolute atomic E-state index is 13.4. The molecule has 2 aromatic carbocycles. The Labute approximate surface area is 184 Å².